The molecule has 1 amide bonds. The average Bonchev–Trinajstić information content (AvgIpc) is 3.04. The number of benzene rings is 2. The highest BCUT2D eigenvalue weighted by atomic mass is 35.5. The predicted molar refractivity (Wildman–Crippen MR) is 115 cm³/mol. The number of amides is 1. The number of carbonyl (C=O) groups excluding carboxylic acids is 1. The van der Waals surface area contributed by atoms with E-state index in [9.17, 15) is 4.79 Å². The summed E-state index contributed by atoms with van der Waals surface area (Å²) >= 11 is 7.54. The number of methoxy groups -OCH3 is 1. The van der Waals surface area contributed by atoms with Crippen LogP contribution in [0.2, 0.25) is 5.02 Å². The second-order valence-corrected chi connectivity index (χ2v) is 7.55. The normalized spacial score (nSPS) is 10.7. The number of hydrogen-bond donors (Lipinski definition) is 0. The Labute approximate surface area is 173 Å². The quantitative estimate of drug-likeness (QED) is 0.579. The first-order valence-electron chi connectivity index (χ1n) is 8.14. The van der Waals surface area contributed by atoms with Gasteiger partial charge in [0, 0.05) is 23.7 Å². The molecule has 0 bridgehead atoms. The summed E-state index contributed by atoms with van der Waals surface area (Å²) in [6.45, 7) is 1.27. The van der Waals surface area contributed by atoms with Crippen molar-refractivity contribution in [1.82, 2.24) is 9.88 Å². The zero-order chi connectivity index (χ0) is 18.7. The fourth-order valence-corrected chi connectivity index (χ4v) is 3.76. The molecule has 1 aromatic heterocycles. The Morgan fingerprint density at radius 1 is 1.19 bits per heavy atom. The molecule has 0 unspecified atom stereocenters. The maximum atomic E-state index is 13.2. The number of nitrogens with zero attached hydrogens (tertiary/aromatic N) is 3. The van der Waals surface area contributed by atoms with Gasteiger partial charge in [0.15, 0.2) is 5.13 Å². The summed E-state index contributed by atoms with van der Waals surface area (Å²) in [5, 5.41) is 1.32. The van der Waals surface area contributed by atoms with Crippen LogP contribution in [-0.2, 0) is 0 Å². The largest absolute Gasteiger partial charge is 0.497 e. The smallest absolute Gasteiger partial charge is 0.260 e. The highest BCUT2D eigenvalue weighted by Crippen LogP contribution is 2.31. The molecule has 0 aliphatic rings. The van der Waals surface area contributed by atoms with Crippen LogP contribution in [0.15, 0.2) is 42.5 Å². The molecule has 1 heterocycles. The number of ether oxygens (including phenoxy) is 1. The van der Waals surface area contributed by atoms with Gasteiger partial charge in [-0.25, -0.2) is 4.98 Å². The van der Waals surface area contributed by atoms with Gasteiger partial charge in [-0.15, -0.1) is 12.4 Å². The van der Waals surface area contributed by atoms with Crippen LogP contribution in [0.4, 0.5) is 5.13 Å². The first-order valence-corrected chi connectivity index (χ1v) is 9.34. The number of anilines is 1. The summed E-state index contributed by atoms with van der Waals surface area (Å²) < 4.78 is 6.20. The molecule has 3 rings (SSSR count). The molecule has 0 saturated heterocycles. The number of rotatable bonds is 6. The number of carbonyl (C=O) groups is 1. The van der Waals surface area contributed by atoms with E-state index in [1.165, 1.54) is 11.3 Å². The van der Waals surface area contributed by atoms with E-state index in [1.807, 2.05) is 43.3 Å². The van der Waals surface area contributed by atoms with Crippen molar-refractivity contribution in [3.8, 4) is 5.75 Å². The van der Waals surface area contributed by atoms with Crippen LogP contribution < -0.4 is 9.64 Å². The van der Waals surface area contributed by atoms with Crippen molar-refractivity contribution >= 4 is 56.6 Å². The van der Waals surface area contributed by atoms with Crippen LogP contribution >= 0.6 is 35.3 Å². The maximum Gasteiger partial charge on any atom is 0.260 e. The minimum absolute atomic E-state index is 0. The molecule has 0 N–H and O–H groups in total. The van der Waals surface area contributed by atoms with Crippen LogP contribution in [-0.4, -0.2) is 50.1 Å². The number of likely N-dealkylation sites (N-methyl/N-ethyl adjacent to an activating group) is 1. The molecular weight excluding hydrogens is 405 g/mol. The van der Waals surface area contributed by atoms with Crippen LogP contribution in [0.1, 0.15) is 10.4 Å². The molecule has 8 heteroatoms. The molecule has 0 aliphatic carbocycles. The van der Waals surface area contributed by atoms with Gasteiger partial charge in [-0.3, -0.25) is 9.69 Å². The van der Waals surface area contributed by atoms with Crippen molar-refractivity contribution in [3.63, 3.8) is 0 Å². The second kappa shape index (κ2) is 9.37. The van der Waals surface area contributed by atoms with Gasteiger partial charge >= 0.3 is 0 Å². The van der Waals surface area contributed by atoms with Crippen LogP contribution in [0.5, 0.6) is 5.75 Å². The van der Waals surface area contributed by atoms with E-state index in [1.54, 1.807) is 30.2 Å². The van der Waals surface area contributed by atoms with E-state index in [4.69, 9.17) is 16.3 Å². The Morgan fingerprint density at radius 2 is 1.96 bits per heavy atom. The van der Waals surface area contributed by atoms with Crippen LogP contribution in [0, 0.1) is 0 Å². The fourth-order valence-electron chi connectivity index (χ4n) is 2.50. The zero-order valence-electron chi connectivity index (χ0n) is 15.3. The topological polar surface area (TPSA) is 45.7 Å². The number of fused-ring (bicyclic) bond motifs is 1. The van der Waals surface area contributed by atoms with Gasteiger partial charge < -0.3 is 9.64 Å². The number of aromatic nitrogens is 1. The lowest BCUT2D eigenvalue weighted by atomic mass is 10.2. The van der Waals surface area contributed by atoms with Gasteiger partial charge in [0.2, 0.25) is 0 Å². The minimum atomic E-state index is -0.101. The van der Waals surface area contributed by atoms with E-state index in [-0.39, 0.29) is 18.3 Å². The van der Waals surface area contributed by atoms with Crippen molar-refractivity contribution in [2.24, 2.45) is 0 Å². The Hall–Kier alpha value is -1.86. The first kappa shape index (κ1) is 21.4. The number of hydrogen-bond acceptors (Lipinski definition) is 5. The Bertz CT molecular complexity index is 930. The third-order valence-electron chi connectivity index (χ3n) is 3.90. The van der Waals surface area contributed by atoms with Crippen molar-refractivity contribution < 1.29 is 9.53 Å². The average molecular weight is 426 g/mol. The van der Waals surface area contributed by atoms with Gasteiger partial charge in [-0.05, 0) is 50.5 Å². The highest BCUT2D eigenvalue weighted by molar-refractivity contribution is 7.22. The molecule has 144 valence electrons. The SMILES string of the molecule is COc1cccc(C(=O)N(CCN(C)C)c2nc3ccc(Cl)cc3s2)c1.Cl. The molecule has 0 fully saturated rings. The summed E-state index contributed by atoms with van der Waals surface area (Å²) in [6, 6.07) is 12.7. The van der Waals surface area contributed by atoms with Crippen LogP contribution in [0.25, 0.3) is 10.2 Å². The monoisotopic (exact) mass is 425 g/mol. The van der Waals surface area contributed by atoms with Crippen molar-refractivity contribution in [1.29, 1.82) is 0 Å². The highest BCUT2D eigenvalue weighted by Gasteiger charge is 2.22. The molecular formula is C19H21Cl2N3O2S. The van der Waals surface area contributed by atoms with Gasteiger partial charge in [0.25, 0.3) is 5.91 Å². The first-order chi connectivity index (χ1) is 12.5. The van der Waals surface area contributed by atoms with E-state index in [2.05, 4.69) is 4.98 Å². The zero-order valence-corrected chi connectivity index (χ0v) is 17.7. The molecule has 27 heavy (non-hydrogen) atoms. The van der Waals surface area contributed by atoms with Gasteiger partial charge in [-0.1, -0.05) is 29.0 Å². The Morgan fingerprint density at radius 3 is 2.67 bits per heavy atom. The van der Waals surface area contributed by atoms with Gasteiger partial charge in [0.05, 0.1) is 17.3 Å². The van der Waals surface area contributed by atoms with E-state index in [0.29, 0.717) is 28.0 Å². The minimum Gasteiger partial charge on any atom is -0.497 e. The molecule has 2 aromatic carbocycles. The third-order valence-corrected chi connectivity index (χ3v) is 5.18. The molecule has 0 saturated carbocycles. The van der Waals surface area contributed by atoms with Gasteiger partial charge in [-0.2, -0.15) is 0 Å². The third kappa shape index (κ3) is 5.11. The molecule has 0 atom stereocenters. The summed E-state index contributed by atoms with van der Waals surface area (Å²) in [6.07, 6.45) is 0. The summed E-state index contributed by atoms with van der Waals surface area (Å²) in [4.78, 5) is 21.6. The lowest BCUT2D eigenvalue weighted by Crippen LogP contribution is -2.36. The standard InChI is InChI=1S/C19H20ClN3O2S.ClH/c1-22(2)9-10-23(18(24)13-5-4-6-15(11-13)25-3)19-21-16-8-7-14(20)12-17(16)26-19;/h4-8,11-12H,9-10H2,1-3H3;1H. The summed E-state index contributed by atoms with van der Waals surface area (Å²) in [5.74, 6) is 0.551. The van der Waals surface area contributed by atoms with Gasteiger partial charge in [0.1, 0.15) is 5.75 Å². The molecule has 0 spiro atoms. The fraction of sp³-hybridized carbons (Fsp3) is 0.263. The van der Waals surface area contributed by atoms with Crippen molar-refractivity contribution in [2.75, 3.05) is 39.2 Å². The molecule has 3 aromatic rings. The Balaban J connectivity index is 0.00000261. The Kier molecular flexibility index (Phi) is 7.44. The molecule has 0 aliphatic heterocycles. The van der Waals surface area contributed by atoms with E-state index < -0.39 is 0 Å². The molecule has 0 radical (unpaired) electrons. The number of halogens is 2. The predicted octanol–water partition coefficient (Wildman–Crippen LogP) is 4.59. The van der Waals surface area contributed by atoms with Crippen molar-refractivity contribution in [2.45, 2.75) is 0 Å². The lowest BCUT2D eigenvalue weighted by molar-refractivity contribution is 0.0985. The van der Waals surface area contributed by atoms with Crippen molar-refractivity contribution in [3.05, 3.63) is 53.1 Å². The number of thiazole rings is 1. The van der Waals surface area contributed by atoms with E-state index in [0.717, 1.165) is 16.8 Å². The summed E-state index contributed by atoms with van der Waals surface area (Å²) in [7, 11) is 5.54. The molecule has 5 nitrogen and oxygen atoms in total. The van der Waals surface area contributed by atoms with E-state index >= 15 is 0 Å². The second-order valence-electron chi connectivity index (χ2n) is 6.10. The maximum absolute atomic E-state index is 13.2. The lowest BCUT2D eigenvalue weighted by Gasteiger charge is -2.22. The van der Waals surface area contributed by atoms with Crippen LogP contribution in [0.3, 0.4) is 0 Å². The summed E-state index contributed by atoms with van der Waals surface area (Å²) in [5.41, 5.74) is 1.41.